The number of aliphatic hydroxyl groups excluding tert-OH is 3. The average Bonchev–Trinajstić information content (AvgIpc) is 3.06. The topological polar surface area (TPSA) is 87.0 Å². The minimum absolute atomic E-state index is 0.0694. The lowest BCUT2D eigenvalue weighted by Gasteiger charge is -2.62. The molecule has 0 aromatic heterocycles. The highest BCUT2D eigenvalue weighted by Crippen LogP contribution is 2.67. The molecular formula is C25H40O5. The second-order valence-electron chi connectivity index (χ2n) is 11.2. The van der Waals surface area contributed by atoms with Crippen LogP contribution in [0.2, 0.25) is 0 Å². The van der Waals surface area contributed by atoms with Crippen LogP contribution in [0.4, 0.5) is 0 Å². The Hall–Kier alpha value is -0.910. The number of hydrogen-bond acceptors (Lipinski definition) is 5. The number of carbonyl (C=O) groups excluding carboxylic acids is 1. The van der Waals surface area contributed by atoms with Crippen molar-refractivity contribution in [2.75, 3.05) is 7.11 Å². The van der Waals surface area contributed by atoms with Gasteiger partial charge in [-0.05, 0) is 84.9 Å². The van der Waals surface area contributed by atoms with Crippen molar-refractivity contribution < 1.29 is 24.9 Å². The first-order chi connectivity index (χ1) is 14.1. The van der Waals surface area contributed by atoms with Crippen molar-refractivity contribution in [3.05, 3.63) is 12.2 Å². The van der Waals surface area contributed by atoms with Crippen LogP contribution in [0.1, 0.15) is 65.7 Å². The van der Waals surface area contributed by atoms with Crippen LogP contribution in [0.25, 0.3) is 0 Å². The van der Waals surface area contributed by atoms with Crippen LogP contribution in [0.3, 0.4) is 0 Å². The van der Waals surface area contributed by atoms with Crippen molar-refractivity contribution in [3.63, 3.8) is 0 Å². The predicted molar refractivity (Wildman–Crippen MR) is 114 cm³/mol. The molecule has 0 spiro atoms. The monoisotopic (exact) mass is 420 g/mol. The first-order valence-electron chi connectivity index (χ1n) is 11.9. The fraction of sp³-hybridized carbons (Fsp3) is 0.880. The molecule has 0 bridgehead atoms. The maximum Gasteiger partial charge on any atom is 0.305 e. The van der Waals surface area contributed by atoms with E-state index < -0.39 is 12.2 Å². The van der Waals surface area contributed by atoms with E-state index >= 15 is 0 Å². The van der Waals surface area contributed by atoms with Crippen molar-refractivity contribution >= 4 is 5.97 Å². The SMILES string of the molecule is COC(=O)CCC(C)C1CCC2C3C(O)CC4CC(O)C=CC4(C)C3CC(O)C12C. The van der Waals surface area contributed by atoms with Crippen molar-refractivity contribution in [2.45, 2.75) is 84.0 Å². The average molecular weight is 421 g/mol. The zero-order valence-corrected chi connectivity index (χ0v) is 19.0. The quantitative estimate of drug-likeness (QED) is 0.480. The molecular weight excluding hydrogens is 380 g/mol. The van der Waals surface area contributed by atoms with Gasteiger partial charge in [0.05, 0.1) is 25.4 Å². The van der Waals surface area contributed by atoms with Gasteiger partial charge in [-0.3, -0.25) is 4.79 Å². The molecule has 0 aliphatic heterocycles. The van der Waals surface area contributed by atoms with Crippen molar-refractivity contribution in [3.8, 4) is 0 Å². The van der Waals surface area contributed by atoms with E-state index in [9.17, 15) is 20.1 Å². The highest BCUT2D eigenvalue weighted by Gasteiger charge is 2.65. The largest absolute Gasteiger partial charge is 0.469 e. The van der Waals surface area contributed by atoms with Gasteiger partial charge in [0.2, 0.25) is 0 Å². The number of carbonyl (C=O) groups is 1. The van der Waals surface area contributed by atoms with E-state index in [2.05, 4.69) is 26.8 Å². The molecule has 4 rings (SSSR count). The third kappa shape index (κ3) is 3.27. The van der Waals surface area contributed by atoms with Crippen molar-refractivity contribution in [2.24, 2.45) is 46.3 Å². The molecule has 3 N–H and O–H groups in total. The molecule has 11 atom stereocenters. The number of rotatable bonds is 4. The Morgan fingerprint density at radius 3 is 2.57 bits per heavy atom. The number of fused-ring (bicyclic) bond motifs is 5. The van der Waals surface area contributed by atoms with E-state index in [4.69, 9.17) is 4.74 Å². The van der Waals surface area contributed by atoms with Crippen LogP contribution < -0.4 is 0 Å². The maximum atomic E-state index is 11.7. The van der Waals surface area contributed by atoms with E-state index in [0.717, 1.165) is 25.7 Å². The van der Waals surface area contributed by atoms with E-state index in [-0.39, 0.29) is 40.7 Å². The third-order valence-electron chi connectivity index (χ3n) is 10.1. The van der Waals surface area contributed by atoms with Crippen molar-refractivity contribution in [1.29, 1.82) is 0 Å². The lowest BCUT2D eigenvalue weighted by Crippen LogP contribution is -2.61. The van der Waals surface area contributed by atoms with E-state index in [1.165, 1.54) is 7.11 Å². The number of ether oxygens (including phenoxy) is 1. The second-order valence-corrected chi connectivity index (χ2v) is 11.2. The Labute approximate surface area is 180 Å². The Morgan fingerprint density at radius 2 is 1.87 bits per heavy atom. The normalized spacial score (nSPS) is 50.9. The number of hydrogen-bond donors (Lipinski definition) is 3. The Kier molecular flexibility index (Phi) is 5.87. The van der Waals surface area contributed by atoms with Gasteiger partial charge in [0.15, 0.2) is 0 Å². The predicted octanol–water partition coefficient (Wildman–Crippen LogP) is 3.31. The molecule has 0 aromatic rings. The second kappa shape index (κ2) is 7.90. The summed E-state index contributed by atoms with van der Waals surface area (Å²) in [4.78, 5) is 11.7. The van der Waals surface area contributed by atoms with Crippen LogP contribution in [0.15, 0.2) is 12.2 Å². The summed E-state index contributed by atoms with van der Waals surface area (Å²) in [7, 11) is 1.43. The van der Waals surface area contributed by atoms with Gasteiger partial charge in [-0.15, -0.1) is 0 Å². The van der Waals surface area contributed by atoms with E-state index in [0.29, 0.717) is 37.0 Å². The molecule has 170 valence electrons. The van der Waals surface area contributed by atoms with Crippen LogP contribution in [0, 0.1) is 46.3 Å². The van der Waals surface area contributed by atoms with Gasteiger partial charge in [-0.2, -0.15) is 0 Å². The van der Waals surface area contributed by atoms with Gasteiger partial charge >= 0.3 is 5.97 Å². The first kappa shape index (κ1) is 22.3. The molecule has 3 fully saturated rings. The molecule has 0 heterocycles. The van der Waals surface area contributed by atoms with Gasteiger partial charge in [0, 0.05) is 6.42 Å². The summed E-state index contributed by atoms with van der Waals surface area (Å²) >= 11 is 0. The smallest absolute Gasteiger partial charge is 0.305 e. The summed E-state index contributed by atoms with van der Waals surface area (Å²) in [5, 5.41) is 32.9. The summed E-state index contributed by atoms with van der Waals surface area (Å²) in [5.41, 5.74) is -0.293. The molecule has 0 radical (unpaired) electrons. The van der Waals surface area contributed by atoms with Gasteiger partial charge in [0.25, 0.3) is 0 Å². The van der Waals surface area contributed by atoms with Gasteiger partial charge in [-0.25, -0.2) is 0 Å². The highest BCUT2D eigenvalue weighted by molar-refractivity contribution is 5.69. The summed E-state index contributed by atoms with van der Waals surface area (Å²) < 4.78 is 4.82. The molecule has 30 heavy (non-hydrogen) atoms. The lowest BCUT2D eigenvalue weighted by molar-refractivity contribution is -0.188. The van der Waals surface area contributed by atoms with Gasteiger partial charge < -0.3 is 20.1 Å². The fourth-order valence-electron chi connectivity index (χ4n) is 8.34. The molecule has 0 amide bonds. The number of esters is 1. The van der Waals surface area contributed by atoms with E-state index in [1.54, 1.807) is 0 Å². The van der Waals surface area contributed by atoms with Crippen LogP contribution in [0.5, 0.6) is 0 Å². The van der Waals surface area contributed by atoms with Crippen LogP contribution in [-0.2, 0) is 9.53 Å². The summed E-state index contributed by atoms with van der Waals surface area (Å²) in [6.07, 6.45) is 8.37. The minimum Gasteiger partial charge on any atom is -0.469 e. The molecule has 11 unspecified atom stereocenters. The Bertz CT molecular complexity index is 691. The molecule has 4 aliphatic rings. The zero-order valence-electron chi connectivity index (χ0n) is 19.0. The Morgan fingerprint density at radius 1 is 1.13 bits per heavy atom. The van der Waals surface area contributed by atoms with Crippen molar-refractivity contribution in [1.82, 2.24) is 0 Å². The molecule has 0 saturated heterocycles. The number of allylic oxidation sites excluding steroid dienone is 1. The zero-order chi connectivity index (χ0) is 21.8. The van der Waals surface area contributed by atoms with Gasteiger partial charge in [-0.1, -0.05) is 32.9 Å². The lowest BCUT2D eigenvalue weighted by atomic mass is 9.44. The molecule has 5 heteroatoms. The molecule has 4 aliphatic carbocycles. The van der Waals surface area contributed by atoms with Crippen LogP contribution >= 0.6 is 0 Å². The van der Waals surface area contributed by atoms with Gasteiger partial charge in [0.1, 0.15) is 0 Å². The highest BCUT2D eigenvalue weighted by atomic mass is 16.5. The molecule has 3 saturated carbocycles. The standard InChI is InChI=1S/C25H40O5/c1-14(5-8-22(29)30-4)17-6-7-18-23-19(13-21(28)25(17,18)3)24(2)10-9-16(26)11-15(24)12-20(23)27/h9-10,14-21,23,26-28H,5-8,11-13H2,1-4H3. The molecule has 0 aromatic carbocycles. The fourth-order valence-corrected chi connectivity index (χ4v) is 8.34. The first-order valence-corrected chi connectivity index (χ1v) is 11.9. The summed E-state index contributed by atoms with van der Waals surface area (Å²) in [6, 6.07) is 0. The summed E-state index contributed by atoms with van der Waals surface area (Å²) in [6.45, 7) is 6.73. The minimum atomic E-state index is -0.419. The maximum absolute atomic E-state index is 11.7. The number of methoxy groups -OCH3 is 1. The van der Waals surface area contributed by atoms with E-state index in [1.807, 2.05) is 6.08 Å². The Balaban J connectivity index is 1.60. The summed E-state index contributed by atoms with van der Waals surface area (Å²) in [5.74, 6) is 1.51. The van der Waals surface area contributed by atoms with Crippen LogP contribution in [-0.4, -0.2) is 46.7 Å². The molecule has 5 nitrogen and oxygen atoms in total. The number of aliphatic hydroxyl groups is 3. The third-order valence-corrected chi connectivity index (χ3v) is 10.1.